The van der Waals surface area contributed by atoms with E-state index in [1.807, 2.05) is 36.4 Å². The molecule has 110 valence electrons. The minimum Gasteiger partial charge on any atom is -0.398 e. The second kappa shape index (κ2) is 5.76. The first kappa shape index (κ1) is 13.9. The zero-order chi connectivity index (χ0) is 14.8. The third-order valence-electron chi connectivity index (χ3n) is 4.31. The molecular formula is C18H22N2O. The molecule has 1 aliphatic rings. The minimum atomic E-state index is -0.0502. The molecule has 2 aromatic rings. The maximum absolute atomic E-state index is 12.5. The van der Waals surface area contributed by atoms with Gasteiger partial charge in [0, 0.05) is 11.7 Å². The first-order chi connectivity index (χ1) is 10.2. The Kier molecular flexibility index (Phi) is 3.82. The fraction of sp³-hybridized carbons (Fsp3) is 0.389. The fourth-order valence-corrected chi connectivity index (χ4v) is 2.80. The normalized spacial score (nSPS) is 15.9. The van der Waals surface area contributed by atoms with E-state index in [0.29, 0.717) is 11.3 Å². The van der Waals surface area contributed by atoms with Crippen molar-refractivity contribution in [3.8, 4) is 0 Å². The summed E-state index contributed by atoms with van der Waals surface area (Å²) in [7, 11) is 0. The van der Waals surface area contributed by atoms with E-state index in [2.05, 4.69) is 12.2 Å². The van der Waals surface area contributed by atoms with Crippen molar-refractivity contribution >= 4 is 22.4 Å². The number of nitrogens with one attached hydrogen (secondary N) is 1. The molecule has 3 rings (SSSR count). The number of hydrogen-bond acceptors (Lipinski definition) is 2. The number of rotatable bonds is 5. The Morgan fingerprint density at radius 1 is 1.29 bits per heavy atom. The SMILES string of the molecule is CCC(CC1CC1)NC(=O)c1cc2ccccc2cc1N. The molecule has 1 unspecified atom stereocenters. The maximum Gasteiger partial charge on any atom is 0.253 e. The summed E-state index contributed by atoms with van der Waals surface area (Å²) in [6.07, 6.45) is 4.68. The lowest BCUT2D eigenvalue weighted by atomic mass is 10.0. The van der Waals surface area contributed by atoms with E-state index in [-0.39, 0.29) is 11.9 Å². The summed E-state index contributed by atoms with van der Waals surface area (Å²) in [6.45, 7) is 2.12. The van der Waals surface area contributed by atoms with Gasteiger partial charge in [0.15, 0.2) is 0 Å². The van der Waals surface area contributed by atoms with Crippen molar-refractivity contribution in [2.24, 2.45) is 5.92 Å². The molecule has 21 heavy (non-hydrogen) atoms. The second-order valence-corrected chi connectivity index (χ2v) is 6.04. The van der Waals surface area contributed by atoms with Crippen LogP contribution in [0.2, 0.25) is 0 Å². The van der Waals surface area contributed by atoms with Gasteiger partial charge in [-0.15, -0.1) is 0 Å². The lowest BCUT2D eigenvalue weighted by Gasteiger charge is -2.17. The van der Waals surface area contributed by atoms with E-state index in [0.717, 1.165) is 29.5 Å². The second-order valence-electron chi connectivity index (χ2n) is 6.04. The van der Waals surface area contributed by atoms with Gasteiger partial charge in [0.05, 0.1) is 5.56 Å². The third-order valence-corrected chi connectivity index (χ3v) is 4.31. The highest BCUT2D eigenvalue weighted by Gasteiger charge is 2.26. The molecule has 2 aromatic carbocycles. The maximum atomic E-state index is 12.5. The highest BCUT2D eigenvalue weighted by atomic mass is 16.1. The quantitative estimate of drug-likeness (QED) is 0.821. The van der Waals surface area contributed by atoms with Crippen LogP contribution in [0.1, 0.15) is 43.0 Å². The van der Waals surface area contributed by atoms with Crippen LogP contribution < -0.4 is 11.1 Å². The smallest absolute Gasteiger partial charge is 0.253 e. The Labute approximate surface area is 125 Å². The van der Waals surface area contributed by atoms with Crippen LogP contribution in [0.3, 0.4) is 0 Å². The van der Waals surface area contributed by atoms with E-state index >= 15 is 0 Å². The van der Waals surface area contributed by atoms with Gasteiger partial charge in [-0.2, -0.15) is 0 Å². The molecule has 0 aromatic heterocycles. The Hall–Kier alpha value is -2.03. The standard InChI is InChI=1S/C18H22N2O/c1-2-15(9-12-7-8-12)20-18(21)16-10-13-5-3-4-6-14(13)11-17(16)19/h3-6,10-12,15H,2,7-9,19H2,1H3,(H,20,21). The number of nitrogen functional groups attached to an aromatic ring is 1. The van der Waals surface area contributed by atoms with Gasteiger partial charge >= 0.3 is 0 Å². The molecule has 1 aliphatic carbocycles. The monoisotopic (exact) mass is 282 g/mol. The van der Waals surface area contributed by atoms with Crippen molar-refractivity contribution in [3.63, 3.8) is 0 Å². The molecule has 0 spiro atoms. The van der Waals surface area contributed by atoms with Crippen molar-refractivity contribution in [3.05, 3.63) is 42.0 Å². The molecule has 1 atom stereocenters. The van der Waals surface area contributed by atoms with Gasteiger partial charge in [-0.25, -0.2) is 0 Å². The summed E-state index contributed by atoms with van der Waals surface area (Å²) in [6, 6.07) is 12.0. The molecule has 0 saturated heterocycles. The lowest BCUT2D eigenvalue weighted by molar-refractivity contribution is 0.0933. The average Bonchev–Trinajstić information content (AvgIpc) is 3.29. The number of carbonyl (C=O) groups is 1. The van der Waals surface area contributed by atoms with Crippen LogP contribution in [-0.4, -0.2) is 11.9 Å². The number of amides is 1. The van der Waals surface area contributed by atoms with Crippen LogP contribution in [0, 0.1) is 5.92 Å². The van der Waals surface area contributed by atoms with Crippen molar-refractivity contribution in [2.75, 3.05) is 5.73 Å². The summed E-state index contributed by atoms with van der Waals surface area (Å²) >= 11 is 0. The van der Waals surface area contributed by atoms with Gasteiger partial charge < -0.3 is 11.1 Å². The Bertz CT molecular complexity index is 661. The van der Waals surface area contributed by atoms with Gasteiger partial charge in [-0.3, -0.25) is 4.79 Å². The average molecular weight is 282 g/mol. The molecule has 0 radical (unpaired) electrons. The van der Waals surface area contributed by atoms with Crippen LogP contribution >= 0.6 is 0 Å². The summed E-state index contributed by atoms with van der Waals surface area (Å²) in [5.74, 6) is 0.759. The number of anilines is 1. The van der Waals surface area contributed by atoms with Crippen molar-refractivity contribution in [1.82, 2.24) is 5.32 Å². The highest BCUT2D eigenvalue weighted by Crippen LogP contribution is 2.34. The van der Waals surface area contributed by atoms with E-state index < -0.39 is 0 Å². The lowest BCUT2D eigenvalue weighted by Crippen LogP contribution is -2.35. The largest absolute Gasteiger partial charge is 0.398 e. The summed E-state index contributed by atoms with van der Waals surface area (Å²) < 4.78 is 0. The molecule has 0 heterocycles. The predicted molar refractivity (Wildman–Crippen MR) is 87.2 cm³/mol. The Morgan fingerprint density at radius 2 is 1.95 bits per heavy atom. The number of hydrogen-bond donors (Lipinski definition) is 2. The predicted octanol–water partition coefficient (Wildman–Crippen LogP) is 3.73. The number of benzene rings is 2. The van der Waals surface area contributed by atoms with Gasteiger partial charge in [-0.1, -0.05) is 44.0 Å². The van der Waals surface area contributed by atoms with Crippen molar-refractivity contribution in [1.29, 1.82) is 0 Å². The van der Waals surface area contributed by atoms with Crippen molar-refractivity contribution in [2.45, 2.75) is 38.6 Å². The minimum absolute atomic E-state index is 0.0502. The number of fused-ring (bicyclic) bond motifs is 1. The Morgan fingerprint density at radius 3 is 2.57 bits per heavy atom. The molecule has 0 bridgehead atoms. The third kappa shape index (κ3) is 3.18. The van der Waals surface area contributed by atoms with Gasteiger partial charge in [0.2, 0.25) is 0 Å². The zero-order valence-electron chi connectivity index (χ0n) is 12.4. The van der Waals surface area contributed by atoms with Crippen LogP contribution in [0.25, 0.3) is 10.8 Å². The van der Waals surface area contributed by atoms with Gasteiger partial charge in [0.1, 0.15) is 0 Å². The summed E-state index contributed by atoms with van der Waals surface area (Å²) in [4.78, 5) is 12.5. The molecule has 3 nitrogen and oxygen atoms in total. The number of nitrogens with two attached hydrogens (primary N) is 1. The van der Waals surface area contributed by atoms with Crippen LogP contribution in [-0.2, 0) is 0 Å². The molecular weight excluding hydrogens is 260 g/mol. The highest BCUT2D eigenvalue weighted by molar-refractivity contribution is 6.04. The molecule has 3 heteroatoms. The van der Waals surface area contributed by atoms with Gasteiger partial charge in [-0.05, 0) is 41.7 Å². The number of carbonyl (C=O) groups excluding carboxylic acids is 1. The van der Waals surface area contributed by atoms with E-state index in [1.54, 1.807) is 0 Å². The van der Waals surface area contributed by atoms with Crippen LogP contribution in [0.15, 0.2) is 36.4 Å². The summed E-state index contributed by atoms with van der Waals surface area (Å²) in [5, 5.41) is 5.26. The first-order valence-electron chi connectivity index (χ1n) is 7.76. The van der Waals surface area contributed by atoms with Crippen molar-refractivity contribution < 1.29 is 4.79 Å². The van der Waals surface area contributed by atoms with Gasteiger partial charge in [0.25, 0.3) is 5.91 Å². The van der Waals surface area contributed by atoms with E-state index in [1.165, 1.54) is 12.8 Å². The van der Waals surface area contributed by atoms with E-state index in [4.69, 9.17) is 5.73 Å². The molecule has 0 aliphatic heterocycles. The van der Waals surface area contributed by atoms with Crippen LogP contribution in [0.4, 0.5) is 5.69 Å². The van der Waals surface area contributed by atoms with E-state index in [9.17, 15) is 4.79 Å². The fourth-order valence-electron chi connectivity index (χ4n) is 2.80. The summed E-state index contributed by atoms with van der Waals surface area (Å²) in [5.41, 5.74) is 7.19. The molecule has 1 amide bonds. The molecule has 1 saturated carbocycles. The topological polar surface area (TPSA) is 55.1 Å². The molecule has 3 N–H and O–H groups in total. The molecule has 1 fully saturated rings. The first-order valence-corrected chi connectivity index (χ1v) is 7.76. The Balaban J connectivity index is 1.81. The van der Waals surface area contributed by atoms with Crippen LogP contribution in [0.5, 0.6) is 0 Å². The zero-order valence-corrected chi connectivity index (χ0v) is 12.4.